The van der Waals surface area contributed by atoms with Crippen LogP contribution in [0.25, 0.3) is 0 Å². The maximum absolute atomic E-state index is 5.12. The predicted octanol–water partition coefficient (Wildman–Crippen LogP) is -0.326. The van der Waals surface area contributed by atoms with Crippen LogP contribution in [0.4, 0.5) is 0 Å². The maximum atomic E-state index is 5.12. The molecule has 0 fully saturated rings. The van der Waals surface area contributed by atoms with Crippen molar-refractivity contribution in [2.75, 3.05) is 6.54 Å². The third-order valence-electron chi connectivity index (χ3n) is 1.20. The zero-order chi connectivity index (χ0) is 5.82. The van der Waals surface area contributed by atoms with Gasteiger partial charge in [-0.3, -0.25) is 0 Å². The molecule has 0 atom stereocenters. The zero-order valence-electron chi connectivity index (χ0n) is 4.78. The van der Waals surface area contributed by atoms with Gasteiger partial charge in [-0.1, -0.05) is 0 Å². The summed E-state index contributed by atoms with van der Waals surface area (Å²) < 4.78 is 0. The summed E-state index contributed by atoms with van der Waals surface area (Å²) >= 11 is 0. The van der Waals surface area contributed by atoms with Gasteiger partial charge in [0.2, 0.25) is 0 Å². The Balaban J connectivity index is 2.37. The van der Waals surface area contributed by atoms with Crippen LogP contribution >= 0.6 is 0 Å². The van der Waals surface area contributed by atoms with Crippen molar-refractivity contribution in [1.29, 1.82) is 0 Å². The van der Waals surface area contributed by atoms with Crippen molar-refractivity contribution in [3.63, 3.8) is 0 Å². The fraction of sp³-hybridized carbons (Fsp3) is 0.600. The fourth-order valence-corrected chi connectivity index (χ4v) is 0.754. The number of hydrogen-bond donors (Lipinski definition) is 3. The number of rotatable bonds is 1. The smallest absolute Gasteiger partial charge is 0.109 e. The first-order valence-electron chi connectivity index (χ1n) is 2.84. The van der Waals surface area contributed by atoms with Crippen LogP contribution in [0.1, 0.15) is 12.8 Å². The van der Waals surface area contributed by atoms with E-state index in [1.807, 2.05) is 0 Å². The highest BCUT2D eigenvalue weighted by Crippen LogP contribution is 1.97. The molecule has 0 bridgehead atoms. The van der Waals surface area contributed by atoms with Crippen molar-refractivity contribution in [3.05, 3.63) is 11.9 Å². The molecular formula is C5H11N3. The van der Waals surface area contributed by atoms with Crippen molar-refractivity contribution < 1.29 is 0 Å². The molecule has 3 nitrogen and oxygen atoms in total. The predicted molar refractivity (Wildman–Crippen MR) is 32.6 cm³/mol. The number of hydrazine groups is 1. The van der Waals surface area contributed by atoms with Gasteiger partial charge in [0, 0.05) is 6.54 Å². The Labute approximate surface area is 48.9 Å². The van der Waals surface area contributed by atoms with E-state index in [4.69, 9.17) is 5.84 Å². The molecule has 0 radical (unpaired) electrons. The van der Waals surface area contributed by atoms with E-state index in [1.165, 1.54) is 6.42 Å². The second kappa shape index (κ2) is 2.57. The van der Waals surface area contributed by atoms with Gasteiger partial charge in [0.05, 0.1) is 0 Å². The molecule has 0 aromatic carbocycles. The minimum absolute atomic E-state index is 0.955. The topological polar surface area (TPSA) is 50.1 Å². The van der Waals surface area contributed by atoms with Crippen LogP contribution in [-0.2, 0) is 0 Å². The Morgan fingerprint density at radius 2 is 2.62 bits per heavy atom. The number of allylic oxidation sites excluding steroid dienone is 1. The van der Waals surface area contributed by atoms with Gasteiger partial charge in [0.25, 0.3) is 0 Å². The van der Waals surface area contributed by atoms with Gasteiger partial charge in [-0.05, 0) is 18.9 Å². The van der Waals surface area contributed by atoms with E-state index in [2.05, 4.69) is 16.8 Å². The summed E-state index contributed by atoms with van der Waals surface area (Å²) in [6.07, 6.45) is 4.40. The minimum Gasteiger partial charge on any atom is -0.371 e. The van der Waals surface area contributed by atoms with Gasteiger partial charge < -0.3 is 10.7 Å². The van der Waals surface area contributed by atoms with Gasteiger partial charge in [0.15, 0.2) is 0 Å². The van der Waals surface area contributed by atoms with E-state index in [-0.39, 0.29) is 0 Å². The summed E-state index contributed by atoms with van der Waals surface area (Å²) in [5.41, 5.74) is 2.55. The van der Waals surface area contributed by atoms with Crippen LogP contribution in [0.3, 0.4) is 0 Å². The highest BCUT2D eigenvalue weighted by molar-refractivity contribution is 4.98. The largest absolute Gasteiger partial charge is 0.371 e. The van der Waals surface area contributed by atoms with Crippen molar-refractivity contribution in [1.82, 2.24) is 10.7 Å². The van der Waals surface area contributed by atoms with Crippen molar-refractivity contribution in [3.8, 4) is 0 Å². The summed E-state index contributed by atoms with van der Waals surface area (Å²) in [5, 5.41) is 3.09. The van der Waals surface area contributed by atoms with Crippen LogP contribution < -0.4 is 16.6 Å². The molecular weight excluding hydrogens is 102 g/mol. The molecule has 1 heterocycles. The Hall–Kier alpha value is -0.700. The molecule has 0 unspecified atom stereocenters. The normalized spacial score (nSPS) is 18.9. The van der Waals surface area contributed by atoms with Crippen molar-refractivity contribution in [2.24, 2.45) is 5.84 Å². The van der Waals surface area contributed by atoms with Crippen molar-refractivity contribution >= 4 is 0 Å². The first kappa shape index (κ1) is 5.44. The number of nitrogens with one attached hydrogen (secondary N) is 2. The maximum Gasteiger partial charge on any atom is 0.109 e. The lowest BCUT2D eigenvalue weighted by Gasteiger charge is -2.13. The molecule has 1 aliphatic heterocycles. The first-order valence-corrected chi connectivity index (χ1v) is 2.84. The minimum atomic E-state index is 0.955. The first-order chi connectivity index (χ1) is 3.93. The van der Waals surface area contributed by atoms with Crippen LogP contribution in [0, 0.1) is 0 Å². The van der Waals surface area contributed by atoms with Crippen LogP contribution in [-0.4, -0.2) is 6.54 Å². The van der Waals surface area contributed by atoms with Crippen LogP contribution in [0.2, 0.25) is 0 Å². The SMILES string of the molecule is NNC1=CCCCN1. The number of hydrogen-bond acceptors (Lipinski definition) is 3. The average Bonchev–Trinajstić information content (AvgIpc) is 1.90. The highest BCUT2D eigenvalue weighted by atomic mass is 15.3. The summed E-state index contributed by atoms with van der Waals surface area (Å²) in [6, 6.07) is 0. The molecule has 0 spiro atoms. The monoisotopic (exact) mass is 113 g/mol. The van der Waals surface area contributed by atoms with Gasteiger partial charge in [-0.15, -0.1) is 0 Å². The van der Waals surface area contributed by atoms with E-state index in [1.54, 1.807) is 0 Å². The molecule has 0 saturated heterocycles. The quantitative estimate of drug-likeness (QED) is 0.322. The third-order valence-corrected chi connectivity index (χ3v) is 1.20. The van der Waals surface area contributed by atoms with Gasteiger partial charge in [-0.25, -0.2) is 5.84 Å². The molecule has 1 rings (SSSR count). The second-order valence-electron chi connectivity index (χ2n) is 1.83. The van der Waals surface area contributed by atoms with Gasteiger partial charge >= 0.3 is 0 Å². The van der Waals surface area contributed by atoms with E-state index < -0.39 is 0 Å². The Morgan fingerprint density at radius 1 is 1.75 bits per heavy atom. The molecule has 0 amide bonds. The van der Waals surface area contributed by atoms with Gasteiger partial charge in [-0.2, -0.15) is 0 Å². The Kier molecular flexibility index (Phi) is 1.75. The van der Waals surface area contributed by atoms with E-state index in [9.17, 15) is 0 Å². The third kappa shape index (κ3) is 1.13. The average molecular weight is 113 g/mol. The van der Waals surface area contributed by atoms with E-state index in [0.29, 0.717) is 0 Å². The number of nitrogens with two attached hydrogens (primary N) is 1. The molecule has 0 aliphatic carbocycles. The molecule has 0 saturated carbocycles. The fourth-order valence-electron chi connectivity index (χ4n) is 0.754. The summed E-state index contributed by atoms with van der Waals surface area (Å²) in [4.78, 5) is 0. The lowest BCUT2D eigenvalue weighted by Crippen LogP contribution is -2.33. The molecule has 1 aliphatic rings. The molecule has 3 heteroatoms. The lowest BCUT2D eigenvalue weighted by molar-refractivity contribution is 0.630. The molecule has 0 aromatic rings. The lowest BCUT2D eigenvalue weighted by atomic mass is 10.2. The van der Waals surface area contributed by atoms with Gasteiger partial charge in [0.1, 0.15) is 5.82 Å². The van der Waals surface area contributed by atoms with Crippen molar-refractivity contribution in [2.45, 2.75) is 12.8 Å². The Morgan fingerprint density at radius 3 is 3.00 bits per heavy atom. The van der Waals surface area contributed by atoms with E-state index >= 15 is 0 Å². The zero-order valence-corrected chi connectivity index (χ0v) is 4.78. The molecule has 4 N–H and O–H groups in total. The van der Waals surface area contributed by atoms with E-state index in [0.717, 1.165) is 18.8 Å². The standard InChI is InChI=1S/C5H11N3/c6-8-5-3-1-2-4-7-5/h3,7-8H,1-2,4,6H2. The Bertz CT molecular complexity index is 97.8. The second-order valence-corrected chi connectivity index (χ2v) is 1.83. The highest BCUT2D eigenvalue weighted by Gasteiger charge is 1.96. The summed E-state index contributed by atoms with van der Waals surface area (Å²) in [7, 11) is 0. The molecule has 8 heavy (non-hydrogen) atoms. The summed E-state index contributed by atoms with van der Waals surface area (Å²) in [6.45, 7) is 1.04. The molecule has 0 aromatic heterocycles. The van der Waals surface area contributed by atoms with Crippen LogP contribution in [0.15, 0.2) is 11.9 Å². The molecule has 46 valence electrons. The van der Waals surface area contributed by atoms with Crippen LogP contribution in [0.5, 0.6) is 0 Å². The summed E-state index contributed by atoms with van der Waals surface area (Å²) in [5.74, 6) is 6.08.